The maximum Gasteiger partial charge on any atom is 0.260 e. The van der Waals surface area contributed by atoms with Gasteiger partial charge < -0.3 is 10.6 Å². The van der Waals surface area contributed by atoms with Crippen LogP contribution < -0.4 is 10.6 Å². The van der Waals surface area contributed by atoms with Crippen LogP contribution in [0.5, 0.6) is 0 Å². The van der Waals surface area contributed by atoms with E-state index < -0.39 is 0 Å². The third-order valence-electron chi connectivity index (χ3n) is 5.15. The van der Waals surface area contributed by atoms with Crippen LogP contribution >= 0.6 is 27.3 Å². The quantitative estimate of drug-likeness (QED) is 0.567. The van der Waals surface area contributed by atoms with E-state index in [0.717, 1.165) is 28.1 Å². The lowest BCUT2D eigenvalue weighted by molar-refractivity contribution is -0.117. The number of fused-ring (bicyclic) bond motifs is 1. The van der Waals surface area contributed by atoms with Gasteiger partial charge in [0.1, 0.15) is 4.83 Å². The lowest BCUT2D eigenvalue weighted by atomic mass is 9.93. The molecule has 3 aromatic heterocycles. The molecule has 30 heavy (non-hydrogen) atoms. The van der Waals surface area contributed by atoms with Crippen LogP contribution in [-0.4, -0.2) is 50.9 Å². The maximum absolute atomic E-state index is 12.8. The molecule has 0 spiro atoms. The largest absolute Gasteiger partial charge is 0.324 e. The van der Waals surface area contributed by atoms with Crippen molar-refractivity contribution in [2.24, 2.45) is 5.41 Å². The van der Waals surface area contributed by atoms with Crippen molar-refractivity contribution in [3.05, 3.63) is 39.7 Å². The van der Waals surface area contributed by atoms with Gasteiger partial charge in [-0.1, -0.05) is 13.8 Å². The first kappa shape index (κ1) is 21.0. The summed E-state index contributed by atoms with van der Waals surface area (Å²) in [7, 11) is 0. The van der Waals surface area contributed by atoms with E-state index in [0.29, 0.717) is 29.2 Å². The van der Waals surface area contributed by atoms with Crippen molar-refractivity contribution in [3.8, 4) is 0 Å². The average molecular weight is 491 g/mol. The Morgan fingerprint density at radius 2 is 2.10 bits per heavy atom. The van der Waals surface area contributed by atoms with Gasteiger partial charge in [-0.05, 0) is 47.3 Å². The number of rotatable bonds is 5. The standard InChI is InChI=1S/C20H23BrN6O2S/c1-12-15(25-18(29)14-8-23-27-9-16(21)30-19(14)27)6-13(7-22-12)24-17(28)10-26-5-4-20(2,3)11-26/h6-9H,4-5,10-11H2,1-3H3,(H,24,28)(H,25,29). The van der Waals surface area contributed by atoms with Crippen LogP contribution in [0.4, 0.5) is 11.4 Å². The zero-order valence-corrected chi connectivity index (χ0v) is 19.4. The van der Waals surface area contributed by atoms with Gasteiger partial charge in [-0.3, -0.25) is 19.5 Å². The van der Waals surface area contributed by atoms with Gasteiger partial charge in [-0.15, -0.1) is 11.3 Å². The summed E-state index contributed by atoms with van der Waals surface area (Å²) in [5.74, 6) is -0.357. The molecule has 3 aromatic rings. The van der Waals surface area contributed by atoms with E-state index in [1.54, 1.807) is 29.2 Å². The Balaban J connectivity index is 1.44. The number of pyridine rings is 1. The molecule has 1 saturated heterocycles. The lowest BCUT2D eigenvalue weighted by Crippen LogP contribution is -2.32. The molecule has 0 aliphatic carbocycles. The summed E-state index contributed by atoms with van der Waals surface area (Å²) in [6, 6.07) is 1.73. The minimum atomic E-state index is -0.271. The van der Waals surface area contributed by atoms with E-state index >= 15 is 0 Å². The van der Waals surface area contributed by atoms with Crippen molar-refractivity contribution < 1.29 is 9.59 Å². The number of aromatic nitrogens is 3. The molecule has 0 radical (unpaired) electrons. The second-order valence-corrected chi connectivity index (χ2v) is 10.7. The molecular formula is C20H23BrN6O2S. The first-order valence-corrected chi connectivity index (χ1v) is 11.2. The van der Waals surface area contributed by atoms with Crippen molar-refractivity contribution >= 4 is 55.3 Å². The van der Waals surface area contributed by atoms with E-state index in [-0.39, 0.29) is 17.2 Å². The summed E-state index contributed by atoms with van der Waals surface area (Å²) in [6.07, 6.45) is 6.04. The summed E-state index contributed by atoms with van der Waals surface area (Å²) in [4.78, 5) is 32.5. The number of nitrogens with zero attached hydrogens (tertiary/aromatic N) is 4. The highest BCUT2D eigenvalue weighted by atomic mass is 79.9. The number of amides is 2. The molecule has 0 bridgehead atoms. The van der Waals surface area contributed by atoms with Gasteiger partial charge >= 0.3 is 0 Å². The predicted octanol–water partition coefficient (Wildman–Crippen LogP) is 3.78. The molecular weight excluding hydrogens is 468 g/mol. The number of hydrogen-bond acceptors (Lipinski definition) is 6. The Kier molecular flexibility index (Phi) is 5.65. The minimum absolute atomic E-state index is 0.0857. The number of likely N-dealkylation sites (tertiary alicyclic amines) is 1. The summed E-state index contributed by atoms with van der Waals surface area (Å²) in [6.45, 7) is 8.42. The Morgan fingerprint density at radius 3 is 2.83 bits per heavy atom. The van der Waals surface area contributed by atoms with Crippen LogP contribution in [0.2, 0.25) is 0 Å². The highest BCUT2D eigenvalue weighted by Crippen LogP contribution is 2.29. The van der Waals surface area contributed by atoms with E-state index in [4.69, 9.17) is 0 Å². The molecule has 0 saturated carbocycles. The zero-order valence-electron chi connectivity index (χ0n) is 17.0. The third-order valence-corrected chi connectivity index (χ3v) is 6.75. The van der Waals surface area contributed by atoms with Crippen LogP contribution in [0.3, 0.4) is 0 Å². The first-order valence-electron chi connectivity index (χ1n) is 9.63. The van der Waals surface area contributed by atoms with Crippen LogP contribution in [0.25, 0.3) is 4.83 Å². The highest BCUT2D eigenvalue weighted by Gasteiger charge is 2.30. The molecule has 0 aromatic carbocycles. The molecule has 0 unspecified atom stereocenters. The summed E-state index contributed by atoms with van der Waals surface area (Å²) >= 11 is 4.84. The van der Waals surface area contributed by atoms with Crippen molar-refractivity contribution in [1.82, 2.24) is 19.5 Å². The maximum atomic E-state index is 12.8. The second-order valence-electron chi connectivity index (χ2n) is 8.33. The monoisotopic (exact) mass is 490 g/mol. The molecule has 8 nitrogen and oxygen atoms in total. The van der Waals surface area contributed by atoms with Gasteiger partial charge in [0.05, 0.1) is 51.6 Å². The van der Waals surface area contributed by atoms with Crippen LogP contribution in [0, 0.1) is 12.3 Å². The minimum Gasteiger partial charge on any atom is -0.324 e. The van der Waals surface area contributed by atoms with Crippen molar-refractivity contribution in [2.45, 2.75) is 27.2 Å². The number of carbonyl (C=O) groups is 2. The zero-order chi connectivity index (χ0) is 21.5. The predicted molar refractivity (Wildman–Crippen MR) is 121 cm³/mol. The van der Waals surface area contributed by atoms with Gasteiger partial charge in [-0.25, -0.2) is 4.52 Å². The number of thiazole rings is 1. The molecule has 4 heterocycles. The SMILES string of the molecule is Cc1ncc(NC(=O)CN2CCC(C)(C)C2)cc1NC(=O)c1cnn2cc(Br)sc12. The van der Waals surface area contributed by atoms with Gasteiger partial charge in [0.25, 0.3) is 5.91 Å². The summed E-state index contributed by atoms with van der Waals surface area (Å²) in [5.41, 5.74) is 2.50. The molecule has 1 fully saturated rings. The molecule has 158 valence electrons. The highest BCUT2D eigenvalue weighted by molar-refractivity contribution is 9.11. The van der Waals surface area contributed by atoms with Gasteiger partial charge in [0, 0.05) is 6.54 Å². The molecule has 1 aliphatic rings. The Hall–Kier alpha value is -2.30. The second kappa shape index (κ2) is 8.09. The Morgan fingerprint density at radius 1 is 1.30 bits per heavy atom. The average Bonchev–Trinajstić information content (AvgIpc) is 3.31. The fraction of sp³-hybridized carbons (Fsp3) is 0.400. The van der Waals surface area contributed by atoms with Crippen molar-refractivity contribution in [3.63, 3.8) is 0 Å². The first-order chi connectivity index (χ1) is 14.2. The fourth-order valence-corrected chi connectivity index (χ4v) is 5.04. The number of aryl methyl sites for hydroxylation is 1. The van der Waals surface area contributed by atoms with E-state index in [2.05, 4.69) is 55.4 Å². The number of hydrogen-bond donors (Lipinski definition) is 2. The van der Waals surface area contributed by atoms with E-state index in [1.807, 2.05) is 6.92 Å². The number of nitrogens with one attached hydrogen (secondary N) is 2. The summed E-state index contributed by atoms with van der Waals surface area (Å²) < 4.78 is 2.55. The summed E-state index contributed by atoms with van der Waals surface area (Å²) in [5, 5.41) is 9.98. The topological polar surface area (TPSA) is 91.6 Å². The van der Waals surface area contributed by atoms with Crippen molar-refractivity contribution in [2.75, 3.05) is 30.3 Å². The Bertz CT molecular complexity index is 1120. The van der Waals surface area contributed by atoms with E-state index in [1.165, 1.54) is 11.3 Å². The third kappa shape index (κ3) is 4.55. The normalized spacial score (nSPS) is 16.1. The lowest BCUT2D eigenvalue weighted by Gasteiger charge is -2.19. The van der Waals surface area contributed by atoms with Crippen molar-refractivity contribution in [1.29, 1.82) is 0 Å². The molecule has 4 rings (SSSR count). The molecule has 2 amide bonds. The molecule has 0 atom stereocenters. The Labute approximate surface area is 186 Å². The van der Waals surface area contributed by atoms with E-state index in [9.17, 15) is 9.59 Å². The van der Waals surface area contributed by atoms with Gasteiger partial charge in [0.15, 0.2) is 0 Å². The van der Waals surface area contributed by atoms with Gasteiger partial charge in [0.2, 0.25) is 5.91 Å². The number of anilines is 2. The number of carbonyl (C=O) groups excluding carboxylic acids is 2. The molecule has 1 aliphatic heterocycles. The smallest absolute Gasteiger partial charge is 0.260 e. The van der Waals surface area contributed by atoms with Gasteiger partial charge in [-0.2, -0.15) is 5.10 Å². The van der Waals surface area contributed by atoms with Crippen LogP contribution in [-0.2, 0) is 4.79 Å². The fourth-order valence-electron chi connectivity index (χ4n) is 3.60. The number of halogens is 1. The van der Waals surface area contributed by atoms with Crippen LogP contribution in [0.15, 0.2) is 28.4 Å². The van der Waals surface area contributed by atoms with Crippen LogP contribution in [0.1, 0.15) is 36.3 Å². The molecule has 2 N–H and O–H groups in total. The molecule has 10 heteroatoms.